The van der Waals surface area contributed by atoms with Crippen LogP contribution in [0.1, 0.15) is 5.56 Å². The number of halogens is 2. The summed E-state index contributed by atoms with van der Waals surface area (Å²) in [4.78, 5) is 0. The van der Waals surface area contributed by atoms with Crippen LogP contribution in [-0.2, 0) is 6.42 Å². The standard InChI is InChI=1S/C10H13BrFNO/c1-13-6-5-7-3-4-8(11)9(12)10(7)14-2/h3-4,13H,5-6H2,1-2H3. The minimum absolute atomic E-state index is 0.328. The van der Waals surface area contributed by atoms with Gasteiger partial charge in [-0.25, -0.2) is 4.39 Å². The van der Waals surface area contributed by atoms with Gasteiger partial charge < -0.3 is 10.1 Å². The Morgan fingerprint density at radius 2 is 2.21 bits per heavy atom. The normalized spacial score (nSPS) is 10.3. The molecule has 78 valence electrons. The molecule has 0 saturated heterocycles. The molecule has 14 heavy (non-hydrogen) atoms. The predicted octanol–water partition coefficient (Wildman–Crippen LogP) is 2.36. The molecule has 0 bridgehead atoms. The van der Waals surface area contributed by atoms with Gasteiger partial charge in [0.25, 0.3) is 0 Å². The zero-order valence-electron chi connectivity index (χ0n) is 8.23. The second kappa shape index (κ2) is 5.32. The SMILES string of the molecule is CNCCc1ccc(Br)c(F)c1OC. The summed E-state index contributed by atoms with van der Waals surface area (Å²) >= 11 is 3.12. The minimum atomic E-state index is -0.332. The lowest BCUT2D eigenvalue weighted by molar-refractivity contribution is 0.380. The van der Waals surface area contributed by atoms with E-state index in [0.717, 1.165) is 18.5 Å². The van der Waals surface area contributed by atoms with Crippen molar-refractivity contribution < 1.29 is 9.13 Å². The molecule has 1 rings (SSSR count). The second-order valence-electron chi connectivity index (χ2n) is 2.91. The number of rotatable bonds is 4. The molecule has 2 nitrogen and oxygen atoms in total. The molecule has 0 aromatic heterocycles. The summed E-state index contributed by atoms with van der Waals surface area (Å²) in [5, 5.41) is 3.01. The van der Waals surface area contributed by atoms with Crippen molar-refractivity contribution in [1.82, 2.24) is 5.32 Å². The van der Waals surface area contributed by atoms with Gasteiger partial charge in [-0.2, -0.15) is 0 Å². The van der Waals surface area contributed by atoms with Gasteiger partial charge in [-0.05, 0) is 47.6 Å². The fourth-order valence-corrected chi connectivity index (χ4v) is 1.56. The molecule has 0 spiro atoms. The smallest absolute Gasteiger partial charge is 0.179 e. The molecule has 0 saturated carbocycles. The lowest BCUT2D eigenvalue weighted by atomic mass is 10.1. The molecule has 0 radical (unpaired) electrons. The third-order valence-electron chi connectivity index (χ3n) is 1.98. The molecule has 4 heteroatoms. The van der Waals surface area contributed by atoms with Gasteiger partial charge in [-0.15, -0.1) is 0 Å². The predicted molar refractivity (Wildman–Crippen MR) is 58.3 cm³/mol. The first kappa shape index (κ1) is 11.5. The molecule has 0 fully saturated rings. The van der Waals surface area contributed by atoms with Gasteiger partial charge in [0, 0.05) is 0 Å². The summed E-state index contributed by atoms with van der Waals surface area (Å²) in [6.07, 6.45) is 0.754. The maximum absolute atomic E-state index is 13.5. The van der Waals surface area contributed by atoms with Crippen molar-refractivity contribution in [3.8, 4) is 5.75 Å². The molecular formula is C10H13BrFNO. The van der Waals surface area contributed by atoms with Gasteiger partial charge in [0.15, 0.2) is 11.6 Å². The Morgan fingerprint density at radius 1 is 1.50 bits per heavy atom. The van der Waals surface area contributed by atoms with E-state index in [1.807, 2.05) is 13.1 Å². The summed E-state index contributed by atoms with van der Waals surface area (Å²) in [5.74, 6) is -0.00396. The molecule has 1 aromatic carbocycles. The number of likely N-dealkylation sites (N-methyl/N-ethyl adjacent to an activating group) is 1. The van der Waals surface area contributed by atoms with Crippen LogP contribution in [0.5, 0.6) is 5.75 Å². The summed E-state index contributed by atoms with van der Waals surface area (Å²) in [6, 6.07) is 3.56. The van der Waals surface area contributed by atoms with Crippen LogP contribution in [0.2, 0.25) is 0 Å². The Kier molecular flexibility index (Phi) is 4.35. The van der Waals surface area contributed by atoms with E-state index in [4.69, 9.17) is 4.74 Å². The van der Waals surface area contributed by atoms with E-state index in [9.17, 15) is 4.39 Å². The Labute approximate surface area is 91.6 Å². The molecule has 0 aliphatic heterocycles. The molecule has 1 N–H and O–H groups in total. The zero-order valence-corrected chi connectivity index (χ0v) is 9.82. The molecule has 0 atom stereocenters. The van der Waals surface area contributed by atoms with E-state index in [-0.39, 0.29) is 5.82 Å². The molecule has 0 aliphatic rings. The first-order chi connectivity index (χ1) is 6.70. The molecular weight excluding hydrogens is 249 g/mol. The Bertz CT molecular complexity index is 317. The van der Waals surface area contributed by atoms with E-state index in [2.05, 4.69) is 21.2 Å². The number of hydrogen-bond donors (Lipinski definition) is 1. The average molecular weight is 262 g/mol. The fraction of sp³-hybridized carbons (Fsp3) is 0.400. The summed E-state index contributed by atoms with van der Waals surface area (Å²) in [6.45, 7) is 0.803. The topological polar surface area (TPSA) is 21.3 Å². The van der Waals surface area contributed by atoms with Crippen LogP contribution in [0.4, 0.5) is 4.39 Å². The highest BCUT2D eigenvalue weighted by Crippen LogP contribution is 2.28. The van der Waals surface area contributed by atoms with Crippen LogP contribution in [0.3, 0.4) is 0 Å². The van der Waals surface area contributed by atoms with Crippen LogP contribution >= 0.6 is 15.9 Å². The highest BCUT2D eigenvalue weighted by molar-refractivity contribution is 9.10. The van der Waals surface area contributed by atoms with E-state index in [1.165, 1.54) is 7.11 Å². The first-order valence-electron chi connectivity index (χ1n) is 4.36. The third-order valence-corrected chi connectivity index (χ3v) is 2.59. The van der Waals surface area contributed by atoms with Crippen LogP contribution < -0.4 is 10.1 Å². The quantitative estimate of drug-likeness (QED) is 0.899. The van der Waals surface area contributed by atoms with E-state index in [1.54, 1.807) is 6.07 Å². The van der Waals surface area contributed by atoms with Gasteiger partial charge in [-0.1, -0.05) is 6.07 Å². The Morgan fingerprint density at radius 3 is 2.79 bits per heavy atom. The van der Waals surface area contributed by atoms with Crippen molar-refractivity contribution >= 4 is 15.9 Å². The minimum Gasteiger partial charge on any atom is -0.493 e. The highest BCUT2D eigenvalue weighted by Gasteiger charge is 2.11. The van der Waals surface area contributed by atoms with Gasteiger partial charge in [0.1, 0.15) is 0 Å². The number of benzene rings is 1. The molecule has 0 amide bonds. The summed E-state index contributed by atoms with van der Waals surface area (Å²) in [5.41, 5.74) is 0.877. The van der Waals surface area contributed by atoms with Gasteiger partial charge in [0.05, 0.1) is 11.6 Å². The van der Waals surface area contributed by atoms with Gasteiger partial charge in [-0.3, -0.25) is 0 Å². The van der Waals surface area contributed by atoms with Gasteiger partial charge >= 0.3 is 0 Å². The van der Waals surface area contributed by atoms with Crippen molar-refractivity contribution in [2.75, 3.05) is 20.7 Å². The number of nitrogens with one attached hydrogen (secondary N) is 1. The van der Waals surface area contributed by atoms with Crippen LogP contribution in [0.15, 0.2) is 16.6 Å². The van der Waals surface area contributed by atoms with Crippen molar-refractivity contribution in [3.05, 3.63) is 28.0 Å². The van der Waals surface area contributed by atoms with Crippen molar-refractivity contribution in [1.29, 1.82) is 0 Å². The first-order valence-corrected chi connectivity index (χ1v) is 5.15. The number of methoxy groups -OCH3 is 1. The van der Waals surface area contributed by atoms with E-state index >= 15 is 0 Å². The summed E-state index contributed by atoms with van der Waals surface area (Å²) in [7, 11) is 3.34. The average Bonchev–Trinajstić information content (AvgIpc) is 2.20. The molecule has 1 aromatic rings. The maximum atomic E-state index is 13.5. The second-order valence-corrected chi connectivity index (χ2v) is 3.76. The van der Waals surface area contributed by atoms with Crippen LogP contribution in [0, 0.1) is 5.82 Å². The molecule has 0 heterocycles. The van der Waals surface area contributed by atoms with Crippen molar-refractivity contribution in [2.45, 2.75) is 6.42 Å². The zero-order chi connectivity index (χ0) is 10.6. The molecule has 0 unspecified atom stereocenters. The van der Waals surface area contributed by atoms with E-state index in [0.29, 0.717) is 10.2 Å². The Balaban J connectivity index is 2.98. The molecule has 0 aliphatic carbocycles. The number of hydrogen-bond acceptors (Lipinski definition) is 2. The largest absolute Gasteiger partial charge is 0.493 e. The van der Waals surface area contributed by atoms with Gasteiger partial charge in [0.2, 0.25) is 0 Å². The van der Waals surface area contributed by atoms with E-state index < -0.39 is 0 Å². The number of ether oxygens (including phenoxy) is 1. The monoisotopic (exact) mass is 261 g/mol. The van der Waals surface area contributed by atoms with Crippen LogP contribution in [-0.4, -0.2) is 20.7 Å². The summed E-state index contributed by atoms with van der Waals surface area (Å²) < 4.78 is 19.0. The fourth-order valence-electron chi connectivity index (χ4n) is 1.25. The van der Waals surface area contributed by atoms with Crippen molar-refractivity contribution in [3.63, 3.8) is 0 Å². The maximum Gasteiger partial charge on any atom is 0.179 e. The van der Waals surface area contributed by atoms with Crippen LogP contribution in [0.25, 0.3) is 0 Å². The lowest BCUT2D eigenvalue weighted by Crippen LogP contribution is -2.11. The third kappa shape index (κ3) is 2.45. The van der Waals surface area contributed by atoms with Crippen molar-refractivity contribution in [2.24, 2.45) is 0 Å². The highest BCUT2D eigenvalue weighted by atomic mass is 79.9. The lowest BCUT2D eigenvalue weighted by Gasteiger charge is -2.10. The Hall–Kier alpha value is -0.610.